The molecular formula is C14H32N4. The molecule has 2 N–H and O–H groups in total. The molecule has 4 heteroatoms. The summed E-state index contributed by atoms with van der Waals surface area (Å²) in [5.74, 6) is 1.75. The molecule has 4 nitrogen and oxygen atoms in total. The van der Waals surface area contributed by atoms with Gasteiger partial charge >= 0.3 is 0 Å². The van der Waals surface area contributed by atoms with Gasteiger partial charge in [-0.2, -0.15) is 11.1 Å². The lowest BCUT2D eigenvalue weighted by Crippen LogP contribution is -2.52. The minimum absolute atomic E-state index is 0.874. The van der Waals surface area contributed by atoms with E-state index in [2.05, 4.69) is 49.0 Å². The normalized spacial score (nSPS) is 32.0. The Balaban J connectivity index is 2.36. The number of hydrogen-bond donors (Lipinski definition) is 2. The molecule has 0 aromatic heterocycles. The number of rotatable bonds is 0. The molecule has 0 aromatic rings. The third-order valence-corrected chi connectivity index (χ3v) is 3.96. The van der Waals surface area contributed by atoms with Gasteiger partial charge in [0.05, 0.1) is 0 Å². The van der Waals surface area contributed by atoms with Crippen molar-refractivity contribution in [3.05, 3.63) is 0 Å². The molecule has 1 saturated heterocycles. The van der Waals surface area contributed by atoms with Crippen molar-refractivity contribution in [3.8, 4) is 0 Å². The molecule has 0 saturated carbocycles. The number of hydrazine groups is 3. The Morgan fingerprint density at radius 2 is 1.11 bits per heavy atom. The molecule has 0 radical (unpaired) electrons. The molecule has 1 aliphatic rings. The van der Waals surface area contributed by atoms with E-state index in [0.717, 1.165) is 24.9 Å². The molecule has 1 rings (SSSR count). The highest BCUT2D eigenvalue weighted by Gasteiger charge is 2.09. The first-order valence-electron chi connectivity index (χ1n) is 7.51. The second-order valence-corrected chi connectivity index (χ2v) is 6.14. The van der Waals surface area contributed by atoms with E-state index in [1.165, 1.54) is 38.5 Å². The van der Waals surface area contributed by atoms with Crippen molar-refractivity contribution in [2.45, 2.75) is 52.4 Å². The zero-order valence-corrected chi connectivity index (χ0v) is 12.7. The molecule has 1 heterocycles. The molecule has 108 valence electrons. The second-order valence-electron chi connectivity index (χ2n) is 6.14. The fourth-order valence-corrected chi connectivity index (χ4v) is 2.49. The summed E-state index contributed by atoms with van der Waals surface area (Å²) >= 11 is 0. The van der Waals surface area contributed by atoms with Crippen LogP contribution < -0.4 is 11.1 Å². The predicted molar refractivity (Wildman–Crippen MR) is 77.6 cm³/mol. The van der Waals surface area contributed by atoms with Crippen LogP contribution in [-0.2, 0) is 0 Å². The van der Waals surface area contributed by atoms with Crippen molar-refractivity contribution >= 4 is 0 Å². The summed E-state index contributed by atoms with van der Waals surface area (Å²) in [4.78, 5) is 0. The first-order valence-corrected chi connectivity index (χ1v) is 7.51. The largest absolute Gasteiger partial charge is 0.233 e. The van der Waals surface area contributed by atoms with Crippen molar-refractivity contribution in [1.29, 1.82) is 0 Å². The molecule has 0 bridgehead atoms. The van der Waals surface area contributed by atoms with E-state index in [4.69, 9.17) is 0 Å². The summed E-state index contributed by atoms with van der Waals surface area (Å²) < 4.78 is 0. The fourth-order valence-electron chi connectivity index (χ4n) is 2.49. The van der Waals surface area contributed by atoms with Crippen molar-refractivity contribution in [3.63, 3.8) is 0 Å². The van der Waals surface area contributed by atoms with Gasteiger partial charge < -0.3 is 0 Å². The topological polar surface area (TPSA) is 30.5 Å². The molecular weight excluding hydrogens is 224 g/mol. The van der Waals surface area contributed by atoms with Gasteiger partial charge in [-0.3, -0.25) is 0 Å². The van der Waals surface area contributed by atoms with Crippen molar-refractivity contribution < 1.29 is 0 Å². The Kier molecular flexibility index (Phi) is 7.82. The van der Waals surface area contributed by atoms with Gasteiger partial charge in [0.25, 0.3) is 0 Å². The lowest BCUT2D eigenvalue weighted by molar-refractivity contribution is 0.0802. The minimum atomic E-state index is 0.874. The highest BCUT2D eigenvalue weighted by atomic mass is 15.8. The smallest absolute Gasteiger partial charge is 0.0141 e. The van der Waals surface area contributed by atoms with Gasteiger partial charge in [-0.05, 0) is 37.5 Å². The van der Waals surface area contributed by atoms with Crippen LogP contribution in [0.3, 0.4) is 0 Å². The van der Waals surface area contributed by atoms with Crippen molar-refractivity contribution in [2.75, 3.05) is 27.2 Å². The van der Waals surface area contributed by atoms with Crippen LogP contribution in [0.5, 0.6) is 0 Å². The summed E-state index contributed by atoms with van der Waals surface area (Å²) in [5, 5.41) is 4.27. The Labute approximate surface area is 113 Å². The SMILES string of the molecule is CC1CCCN(C)NNN(C)CCCC(C)CC1. The number of nitrogens with zero attached hydrogens (tertiary/aromatic N) is 2. The van der Waals surface area contributed by atoms with Crippen molar-refractivity contribution in [2.24, 2.45) is 11.8 Å². The van der Waals surface area contributed by atoms with Crippen LogP contribution in [0, 0.1) is 11.8 Å². The van der Waals surface area contributed by atoms with Crippen LogP contribution in [0.1, 0.15) is 52.4 Å². The number of hydrogen-bond acceptors (Lipinski definition) is 4. The molecule has 0 aliphatic carbocycles. The van der Waals surface area contributed by atoms with Gasteiger partial charge in [-0.1, -0.05) is 26.7 Å². The lowest BCUT2D eigenvalue weighted by atomic mass is 9.92. The summed E-state index contributed by atoms with van der Waals surface area (Å²) in [6.07, 6.45) is 8.01. The van der Waals surface area contributed by atoms with Crippen LogP contribution in [0.25, 0.3) is 0 Å². The average molecular weight is 256 g/mol. The lowest BCUT2D eigenvalue weighted by Gasteiger charge is -2.26. The van der Waals surface area contributed by atoms with E-state index in [0.29, 0.717) is 0 Å². The molecule has 2 unspecified atom stereocenters. The van der Waals surface area contributed by atoms with Gasteiger partial charge in [0.15, 0.2) is 0 Å². The van der Waals surface area contributed by atoms with E-state index < -0.39 is 0 Å². The zero-order valence-electron chi connectivity index (χ0n) is 12.7. The maximum absolute atomic E-state index is 3.22. The van der Waals surface area contributed by atoms with Crippen LogP contribution >= 0.6 is 0 Å². The average Bonchev–Trinajstić information content (AvgIpc) is 2.33. The van der Waals surface area contributed by atoms with Gasteiger partial charge in [0.2, 0.25) is 0 Å². The molecule has 0 amide bonds. The maximum Gasteiger partial charge on any atom is 0.0141 e. The molecule has 0 spiro atoms. The quantitative estimate of drug-likeness (QED) is 0.697. The Hall–Kier alpha value is -0.160. The first kappa shape index (κ1) is 15.9. The molecule has 1 fully saturated rings. The monoisotopic (exact) mass is 256 g/mol. The molecule has 18 heavy (non-hydrogen) atoms. The van der Waals surface area contributed by atoms with Crippen LogP contribution in [0.15, 0.2) is 0 Å². The van der Waals surface area contributed by atoms with E-state index in [-0.39, 0.29) is 0 Å². The summed E-state index contributed by atoms with van der Waals surface area (Å²) in [5.41, 5.74) is 6.44. The Morgan fingerprint density at radius 3 is 1.50 bits per heavy atom. The maximum atomic E-state index is 3.22. The van der Waals surface area contributed by atoms with Crippen LogP contribution in [0.4, 0.5) is 0 Å². The summed E-state index contributed by atoms with van der Waals surface area (Å²) in [7, 11) is 4.19. The summed E-state index contributed by atoms with van der Waals surface area (Å²) in [6.45, 7) is 7.00. The van der Waals surface area contributed by atoms with Crippen molar-refractivity contribution in [1.82, 2.24) is 21.1 Å². The van der Waals surface area contributed by atoms with Crippen LogP contribution in [0.2, 0.25) is 0 Å². The van der Waals surface area contributed by atoms with Gasteiger partial charge in [-0.25, -0.2) is 10.0 Å². The summed E-state index contributed by atoms with van der Waals surface area (Å²) in [6, 6.07) is 0. The van der Waals surface area contributed by atoms with Gasteiger partial charge in [-0.15, -0.1) is 0 Å². The van der Waals surface area contributed by atoms with Gasteiger partial charge in [0.1, 0.15) is 0 Å². The van der Waals surface area contributed by atoms with E-state index in [1.807, 2.05) is 0 Å². The third kappa shape index (κ3) is 7.31. The van der Waals surface area contributed by atoms with Gasteiger partial charge in [0, 0.05) is 27.2 Å². The minimum Gasteiger partial charge on any atom is -0.233 e. The van der Waals surface area contributed by atoms with E-state index in [1.54, 1.807) is 0 Å². The molecule has 0 aromatic carbocycles. The highest BCUT2D eigenvalue weighted by molar-refractivity contribution is 4.61. The fraction of sp³-hybridized carbons (Fsp3) is 1.00. The Bertz CT molecular complexity index is 168. The zero-order chi connectivity index (χ0) is 13.4. The second kappa shape index (κ2) is 8.86. The first-order chi connectivity index (χ1) is 8.58. The molecule has 2 atom stereocenters. The van der Waals surface area contributed by atoms with E-state index in [9.17, 15) is 0 Å². The highest BCUT2D eigenvalue weighted by Crippen LogP contribution is 2.19. The number of nitrogens with one attached hydrogen (secondary N) is 2. The predicted octanol–water partition coefficient (Wildman–Crippen LogP) is 2.40. The Morgan fingerprint density at radius 1 is 0.722 bits per heavy atom. The molecule has 1 aliphatic heterocycles. The third-order valence-electron chi connectivity index (χ3n) is 3.96. The standard InChI is InChI=1S/C14H32N4/c1-13-7-5-11-17(3)15-16-18(4)12-6-8-14(2)10-9-13/h13-16H,5-12H2,1-4H3. The van der Waals surface area contributed by atoms with Crippen LogP contribution in [-0.4, -0.2) is 37.2 Å². The van der Waals surface area contributed by atoms with E-state index >= 15 is 0 Å².